The third-order valence-electron chi connectivity index (χ3n) is 3.12. The van der Waals surface area contributed by atoms with Crippen LogP contribution < -0.4 is 10.5 Å². The van der Waals surface area contributed by atoms with E-state index in [1.807, 2.05) is 6.07 Å². The van der Waals surface area contributed by atoms with Crippen molar-refractivity contribution in [3.63, 3.8) is 0 Å². The zero-order valence-corrected chi connectivity index (χ0v) is 9.15. The molecular formula is C12H18N2O. The lowest BCUT2D eigenvalue weighted by atomic mass is 9.88. The lowest BCUT2D eigenvalue weighted by molar-refractivity contribution is 0.103. The molecule has 1 aromatic heterocycles. The fourth-order valence-corrected chi connectivity index (χ4v) is 2.12. The average molecular weight is 206 g/mol. The van der Waals surface area contributed by atoms with Crippen LogP contribution in [-0.2, 0) is 0 Å². The number of anilines is 1. The minimum Gasteiger partial charge on any atom is -0.488 e. The normalized spacial score (nSPS) is 26.2. The summed E-state index contributed by atoms with van der Waals surface area (Å²) in [5.74, 6) is 1.41. The summed E-state index contributed by atoms with van der Waals surface area (Å²) >= 11 is 0. The lowest BCUT2D eigenvalue weighted by Crippen LogP contribution is -2.28. The van der Waals surface area contributed by atoms with Crippen LogP contribution in [0.2, 0.25) is 0 Å². The minimum absolute atomic E-state index is 0.323. The molecule has 2 unspecified atom stereocenters. The highest BCUT2D eigenvalue weighted by Crippen LogP contribution is 2.29. The minimum atomic E-state index is 0.323. The van der Waals surface area contributed by atoms with Gasteiger partial charge in [0.05, 0.1) is 11.9 Å². The summed E-state index contributed by atoms with van der Waals surface area (Å²) in [6.07, 6.45) is 8.68. The van der Waals surface area contributed by atoms with Gasteiger partial charge in [-0.2, -0.15) is 0 Å². The Kier molecular flexibility index (Phi) is 3.09. The van der Waals surface area contributed by atoms with Gasteiger partial charge in [-0.15, -0.1) is 0 Å². The first-order valence-corrected chi connectivity index (χ1v) is 5.63. The Hall–Kier alpha value is -1.25. The number of nitrogen functional groups attached to an aromatic ring is 1. The summed E-state index contributed by atoms with van der Waals surface area (Å²) in [7, 11) is 0. The topological polar surface area (TPSA) is 48.1 Å². The van der Waals surface area contributed by atoms with Crippen LogP contribution in [-0.4, -0.2) is 11.1 Å². The first-order valence-electron chi connectivity index (χ1n) is 5.63. The first kappa shape index (κ1) is 10.3. The number of pyridine rings is 1. The van der Waals surface area contributed by atoms with Crippen molar-refractivity contribution in [3.05, 3.63) is 18.5 Å². The molecule has 1 fully saturated rings. The highest BCUT2D eigenvalue weighted by molar-refractivity contribution is 5.49. The number of rotatable bonds is 2. The Labute approximate surface area is 90.7 Å². The van der Waals surface area contributed by atoms with E-state index in [9.17, 15) is 0 Å². The molecule has 3 heteroatoms. The molecule has 1 heterocycles. The van der Waals surface area contributed by atoms with Gasteiger partial charge in [-0.05, 0) is 25.2 Å². The van der Waals surface area contributed by atoms with Crippen LogP contribution in [0.1, 0.15) is 32.6 Å². The Morgan fingerprint density at radius 1 is 1.40 bits per heavy atom. The van der Waals surface area contributed by atoms with E-state index in [2.05, 4.69) is 11.9 Å². The molecule has 0 aromatic carbocycles. The van der Waals surface area contributed by atoms with E-state index in [0.717, 1.165) is 12.2 Å². The number of ether oxygens (including phenoxy) is 1. The number of nitrogens with zero attached hydrogens (tertiary/aromatic N) is 1. The lowest BCUT2D eigenvalue weighted by Gasteiger charge is -2.29. The predicted octanol–water partition coefficient (Wildman–Crippen LogP) is 2.62. The Bertz CT molecular complexity index is 327. The molecule has 1 aliphatic rings. The van der Waals surface area contributed by atoms with Gasteiger partial charge in [-0.25, -0.2) is 0 Å². The second-order valence-corrected chi connectivity index (χ2v) is 4.33. The zero-order chi connectivity index (χ0) is 10.7. The maximum atomic E-state index is 5.93. The van der Waals surface area contributed by atoms with Gasteiger partial charge >= 0.3 is 0 Å². The van der Waals surface area contributed by atoms with E-state index in [4.69, 9.17) is 10.5 Å². The third-order valence-corrected chi connectivity index (χ3v) is 3.12. The summed E-state index contributed by atoms with van der Waals surface area (Å²) < 4.78 is 5.93. The number of hydrogen-bond acceptors (Lipinski definition) is 3. The molecule has 1 saturated carbocycles. The number of nitrogens with two attached hydrogens (primary N) is 1. The molecule has 0 spiro atoms. The largest absolute Gasteiger partial charge is 0.488 e. The van der Waals surface area contributed by atoms with Crippen LogP contribution >= 0.6 is 0 Å². The van der Waals surface area contributed by atoms with Crippen LogP contribution in [0.25, 0.3) is 0 Å². The summed E-state index contributed by atoms with van der Waals surface area (Å²) in [6, 6.07) is 1.84. The fourth-order valence-electron chi connectivity index (χ4n) is 2.12. The van der Waals surface area contributed by atoms with E-state index >= 15 is 0 Å². The third kappa shape index (κ3) is 2.41. The molecule has 82 valence electrons. The standard InChI is InChI=1S/C12H18N2O/c1-9-4-2-3-5-11(9)15-12-6-7-14-8-10(12)13/h6-9,11H,2-5,13H2,1H3. The molecule has 2 N–H and O–H groups in total. The maximum absolute atomic E-state index is 5.93. The van der Waals surface area contributed by atoms with Gasteiger partial charge in [-0.3, -0.25) is 4.98 Å². The van der Waals surface area contributed by atoms with Crippen molar-refractivity contribution >= 4 is 5.69 Å². The van der Waals surface area contributed by atoms with E-state index in [0.29, 0.717) is 17.7 Å². The first-order chi connectivity index (χ1) is 7.27. The molecule has 1 aromatic rings. The van der Waals surface area contributed by atoms with Gasteiger partial charge in [0.1, 0.15) is 11.9 Å². The van der Waals surface area contributed by atoms with Crippen molar-refractivity contribution in [2.45, 2.75) is 38.7 Å². The molecule has 15 heavy (non-hydrogen) atoms. The molecule has 1 aliphatic carbocycles. The van der Waals surface area contributed by atoms with E-state index < -0.39 is 0 Å². The van der Waals surface area contributed by atoms with Gasteiger partial charge in [0.15, 0.2) is 0 Å². The summed E-state index contributed by atoms with van der Waals surface area (Å²) in [5, 5.41) is 0. The molecule has 2 rings (SSSR count). The molecule has 3 nitrogen and oxygen atoms in total. The number of aromatic nitrogens is 1. The highest BCUT2D eigenvalue weighted by atomic mass is 16.5. The van der Waals surface area contributed by atoms with Crippen LogP contribution in [0.5, 0.6) is 5.75 Å². The van der Waals surface area contributed by atoms with Crippen LogP contribution in [0.3, 0.4) is 0 Å². The van der Waals surface area contributed by atoms with Crippen LogP contribution in [0, 0.1) is 5.92 Å². The quantitative estimate of drug-likeness (QED) is 0.809. The Morgan fingerprint density at radius 2 is 2.20 bits per heavy atom. The average Bonchev–Trinajstić information content (AvgIpc) is 2.24. The molecule has 2 atom stereocenters. The second-order valence-electron chi connectivity index (χ2n) is 4.33. The van der Waals surface area contributed by atoms with Gasteiger partial charge in [-0.1, -0.05) is 13.3 Å². The molecule has 0 saturated heterocycles. The van der Waals surface area contributed by atoms with E-state index in [1.165, 1.54) is 19.3 Å². The number of hydrogen-bond donors (Lipinski definition) is 1. The van der Waals surface area contributed by atoms with Crippen molar-refractivity contribution in [2.24, 2.45) is 5.92 Å². The monoisotopic (exact) mass is 206 g/mol. The second kappa shape index (κ2) is 4.51. The molecule has 0 amide bonds. The SMILES string of the molecule is CC1CCCCC1Oc1ccncc1N. The van der Waals surface area contributed by atoms with Crippen molar-refractivity contribution in [2.75, 3.05) is 5.73 Å². The van der Waals surface area contributed by atoms with E-state index in [1.54, 1.807) is 12.4 Å². The fraction of sp³-hybridized carbons (Fsp3) is 0.583. The Morgan fingerprint density at radius 3 is 2.93 bits per heavy atom. The van der Waals surface area contributed by atoms with E-state index in [-0.39, 0.29) is 0 Å². The maximum Gasteiger partial charge on any atom is 0.145 e. The van der Waals surface area contributed by atoms with Gasteiger partial charge < -0.3 is 10.5 Å². The predicted molar refractivity (Wildman–Crippen MR) is 60.7 cm³/mol. The van der Waals surface area contributed by atoms with Gasteiger partial charge in [0.25, 0.3) is 0 Å². The van der Waals surface area contributed by atoms with Crippen LogP contribution in [0.4, 0.5) is 5.69 Å². The molecular weight excluding hydrogens is 188 g/mol. The summed E-state index contributed by atoms with van der Waals surface area (Å²) in [5.41, 5.74) is 6.43. The summed E-state index contributed by atoms with van der Waals surface area (Å²) in [4.78, 5) is 3.95. The van der Waals surface area contributed by atoms with Crippen molar-refractivity contribution in [1.29, 1.82) is 0 Å². The zero-order valence-electron chi connectivity index (χ0n) is 9.15. The molecule has 0 radical (unpaired) electrons. The van der Waals surface area contributed by atoms with Crippen molar-refractivity contribution in [1.82, 2.24) is 4.98 Å². The Balaban J connectivity index is 2.04. The van der Waals surface area contributed by atoms with Crippen molar-refractivity contribution < 1.29 is 4.74 Å². The van der Waals surface area contributed by atoms with Crippen molar-refractivity contribution in [3.8, 4) is 5.75 Å². The van der Waals surface area contributed by atoms with Crippen LogP contribution in [0.15, 0.2) is 18.5 Å². The highest BCUT2D eigenvalue weighted by Gasteiger charge is 2.23. The summed E-state index contributed by atoms with van der Waals surface area (Å²) in [6.45, 7) is 2.25. The molecule has 0 aliphatic heterocycles. The van der Waals surface area contributed by atoms with Gasteiger partial charge in [0.2, 0.25) is 0 Å². The van der Waals surface area contributed by atoms with Gasteiger partial charge in [0, 0.05) is 12.3 Å². The molecule has 0 bridgehead atoms. The smallest absolute Gasteiger partial charge is 0.145 e.